The SMILES string of the molecule is CCOC(=O)c1cn2ncnc(Oc3ccc(NC(=O)NCCN4CCOCC4)c(Cl)c3)c2c1C. The minimum absolute atomic E-state index is 0.255. The number of carbonyl (C=O) groups excluding carboxylic acids is 2. The van der Waals surface area contributed by atoms with Crippen LogP contribution < -0.4 is 15.4 Å². The third kappa shape index (κ3) is 5.99. The zero-order valence-corrected chi connectivity index (χ0v) is 20.3. The maximum Gasteiger partial charge on any atom is 0.340 e. The Morgan fingerprint density at radius 3 is 2.80 bits per heavy atom. The van der Waals surface area contributed by atoms with Crippen molar-refractivity contribution >= 4 is 34.8 Å². The van der Waals surface area contributed by atoms with Crippen molar-refractivity contribution < 1.29 is 23.8 Å². The average Bonchev–Trinajstić information content (AvgIpc) is 3.19. The first-order valence-corrected chi connectivity index (χ1v) is 11.7. The fraction of sp³-hybridized carbons (Fsp3) is 0.391. The lowest BCUT2D eigenvalue weighted by Gasteiger charge is -2.26. The maximum absolute atomic E-state index is 12.3. The van der Waals surface area contributed by atoms with Gasteiger partial charge in [0.05, 0.1) is 36.1 Å². The summed E-state index contributed by atoms with van der Waals surface area (Å²) in [6.45, 7) is 8.21. The topological polar surface area (TPSA) is 119 Å². The van der Waals surface area contributed by atoms with E-state index in [2.05, 4.69) is 25.6 Å². The quantitative estimate of drug-likeness (QED) is 0.451. The number of hydrogen-bond donors (Lipinski definition) is 2. The molecule has 0 spiro atoms. The van der Waals surface area contributed by atoms with Crippen LogP contribution in [-0.4, -0.2) is 77.5 Å². The molecular weight excluding hydrogens is 476 g/mol. The van der Waals surface area contributed by atoms with Gasteiger partial charge >= 0.3 is 12.0 Å². The average molecular weight is 503 g/mol. The van der Waals surface area contributed by atoms with Crippen molar-refractivity contribution in [3.05, 3.63) is 46.9 Å². The number of hydrogen-bond acceptors (Lipinski definition) is 8. The number of ether oxygens (including phenoxy) is 3. The number of nitrogens with zero attached hydrogens (tertiary/aromatic N) is 4. The summed E-state index contributed by atoms with van der Waals surface area (Å²) < 4.78 is 17.9. The van der Waals surface area contributed by atoms with Crippen LogP contribution in [0.2, 0.25) is 5.02 Å². The van der Waals surface area contributed by atoms with E-state index in [1.54, 1.807) is 38.2 Å². The number of fused-ring (bicyclic) bond motifs is 1. The molecule has 0 aliphatic carbocycles. The molecule has 4 rings (SSSR count). The van der Waals surface area contributed by atoms with Gasteiger partial charge in [0, 0.05) is 38.4 Å². The Morgan fingerprint density at radius 1 is 1.26 bits per heavy atom. The van der Waals surface area contributed by atoms with Crippen molar-refractivity contribution in [3.63, 3.8) is 0 Å². The van der Waals surface area contributed by atoms with E-state index in [-0.39, 0.29) is 18.5 Å². The summed E-state index contributed by atoms with van der Waals surface area (Å²) in [6.07, 6.45) is 2.91. The number of carbonyl (C=O) groups is 2. The highest BCUT2D eigenvalue weighted by Gasteiger charge is 2.20. The summed E-state index contributed by atoms with van der Waals surface area (Å²) in [7, 11) is 0. The van der Waals surface area contributed by atoms with Crippen molar-refractivity contribution in [1.82, 2.24) is 24.8 Å². The van der Waals surface area contributed by atoms with Gasteiger partial charge in [0.2, 0.25) is 5.88 Å². The molecule has 2 aromatic heterocycles. The standard InChI is InChI=1S/C23H27ClN6O5/c1-3-34-22(31)17-13-30-20(15(17)2)21(26-14-27-30)35-16-4-5-19(18(24)12-16)28-23(32)25-6-7-29-8-10-33-11-9-29/h4-5,12-14H,3,6-11H2,1-2H3,(H2,25,28,32). The highest BCUT2D eigenvalue weighted by Crippen LogP contribution is 2.32. The van der Waals surface area contributed by atoms with E-state index in [4.69, 9.17) is 25.8 Å². The lowest BCUT2D eigenvalue weighted by Crippen LogP contribution is -2.42. The molecule has 0 bridgehead atoms. The lowest BCUT2D eigenvalue weighted by atomic mass is 10.2. The van der Waals surface area contributed by atoms with Gasteiger partial charge < -0.3 is 24.8 Å². The molecule has 35 heavy (non-hydrogen) atoms. The first kappa shape index (κ1) is 24.7. The summed E-state index contributed by atoms with van der Waals surface area (Å²) in [5.74, 6) is 0.223. The van der Waals surface area contributed by atoms with Crippen LogP contribution in [0.3, 0.4) is 0 Å². The second-order valence-corrected chi connectivity index (χ2v) is 8.23. The van der Waals surface area contributed by atoms with Crippen molar-refractivity contribution in [1.29, 1.82) is 0 Å². The molecule has 0 saturated carbocycles. The molecule has 3 aromatic rings. The molecule has 2 N–H and O–H groups in total. The van der Waals surface area contributed by atoms with Gasteiger partial charge in [0.15, 0.2) is 0 Å². The third-order valence-electron chi connectivity index (χ3n) is 5.51. The number of aryl methyl sites for hydroxylation is 1. The van der Waals surface area contributed by atoms with E-state index in [1.807, 2.05) is 0 Å². The van der Waals surface area contributed by atoms with Crippen LogP contribution in [0.5, 0.6) is 11.6 Å². The summed E-state index contributed by atoms with van der Waals surface area (Å²) in [6, 6.07) is 4.54. The summed E-state index contributed by atoms with van der Waals surface area (Å²) in [5, 5.41) is 10.0. The minimum Gasteiger partial charge on any atom is -0.462 e. The zero-order chi connectivity index (χ0) is 24.8. The smallest absolute Gasteiger partial charge is 0.340 e. The molecule has 2 amide bonds. The highest BCUT2D eigenvalue weighted by molar-refractivity contribution is 6.33. The molecule has 11 nitrogen and oxygen atoms in total. The van der Waals surface area contributed by atoms with Gasteiger partial charge in [0.25, 0.3) is 0 Å². The van der Waals surface area contributed by atoms with Crippen LogP contribution in [0, 0.1) is 6.92 Å². The highest BCUT2D eigenvalue weighted by atomic mass is 35.5. The van der Waals surface area contributed by atoms with E-state index in [1.165, 1.54) is 10.8 Å². The summed E-state index contributed by atoms with van der Waals surface area (Å²) >= 11 is 6.38. The predicted octanol–water partition coefficient (Wildman–Crippen LogP) is 3.11. The molecule has 1 aliphatic heterocycles. The van der Waals surface area contributed by atoms with Crippen molar-refractivity contribution in [3.8, 4) is 11.6 Å². The maximum atomic E-state index is 12.3. The van der Waals surface area contributed by atoms with Gasteiger partial charge in [-0.05, 0) is 31.5 Å². The fourth-order valence-electron chi connectivity index (χ4n) is 3.71. The van der Waals surface area contributed by atoms with Gasteiger partial charge in [-0.1, -0.05) is 11.6 Å². The molecule has 0 unspecified atom stereocenters. The van der Waals surface area contributed by atoms with E-state index < -0.39 is 5.97 Å². The van der Waals surface area contributed by atoms with Crippen LogP contribution in [0.1, 0.15) is 22.8 Å². The number of nitrogens with one attached hydrogen (secondary N) is 2. The minimum atomic E-state index is -0.442. The Bertz CT molecular complexity index is 1210. The Labute approximate surface area is 207 Å². The van der Waals surface area contributed by atoms with Crippen molar-refractivity contribution in [2.45, 2.75) is 13.8 Å². The van der Waals surface area contributed by atoms with Crippen molar-refractivity contribution in [2.75, 3.05) is 51.3 Å². The lowest BCUT2D eigenvalue weighted by molar-refractivity contribution is 0.0388. The van der Waals surface area contributed by atoms with Crippen LogP contribution >= 0.6 is 11.6 Å². The Hall–Kier alpha value is -3.41. The molecule has 3 heterocycles. The van der Waals surface area contributed by atoms with Gasteiger partial charge in [-0.15, -0.1) is 0 Å². The van der Waals surface area contributed by atoms with E-state index in [0.717, 1.165) is 19.6 Å². The normalized spacial score (nSPS) is 14.0. The zero-order valence-electron chi connectivity index (χ0n) is 19.5. The number of anilines is 1. The number of rotatable bonds is 8. The molecule has 0 atom stereocenters. The molecule has 0 radical (unpaired) electrons. The van der Waals surface area contributed by atoms with Gasteiger partial charge in [-0.2, -0.15) is 10.1 Å². The monoisotopic (exact) mass is 502 g/mol. The number of halogens is 1. The van der Waals surface area contributed by atoms with Crippen LogP contribution in [-0.2, 0) is 9.47 Å². The largest absolute Gasteiger partial charge is 0.462 e. The number of aromatic nitrogens is 3. The van der Waals surface area contributed by atoms with Crippen molar-refractivity contribution in [2.24, 2.45) is 0 Å². The second-order valence-electron chi connectivity index (χ2n) is 7.83. The van der Waals surface area contributed by atoms with Gasteiger partial charge in [0.1, 0.15) is 17.6 Å². The van der Waals surface area contributed by atoms with Crippen LogP contribution in [0.25, 0.3) is 5.52 Å². The van der Waals surface area contributed by atoms with Gasteiger partial charge in [-0.25, -0.2) is 14.1 Å². The third-order valence-corrected chi connectivity index (χ3v) is 5.82. The van der Waals surface area contributed by atoms with E-state index >= 15 is 0 Å². The van der Waals surface area contributed by atoms with E-state index in [9.17, 15) is 9.59 Å². The summed E-state index contributed by atoms with van der Waals surface area (Å²) in [4.78, 5) is 30.9. The molecule has 1 aliphatic rings. The number of urea groups is 1. The first-order valence-electron chi connectivity index (χ1n) is 11.3. The number of esters is 1. The fourth-order valence-corrected chi connectivity index (χ4v) is 3.93. The van der Waals surface area contributed by atoms with E-state index in [0.29, 0.717) is 52.9 Å². The number of morpholine rings is 1. The molecule has 12 heteroatoms. The molecule has 1 fully saturated rings. The predicted molar refractivity (Wildman–Crippen MR) is 129 cm³/mol. The van der Waals surface area contributed by atoms with Crippen LogP contribution in [0.4, 0.5) is 10.5 Å². The van der Waals surface area contributed by atoms with Gasteiger partial charge in [-0.3, -0.25) is 4.90 Å². The molecule has 1 saturated heterocycles. The molecule has 1 aromatic carbocycles. The molecule has 186 valence electrons. The Kier molecular flexibility index (Phi) is 8.01. The number of benzene rings is 1. The Balaban J connectivity index is 1.40. The van der Waals surface area contributed by atoms with Crippen LogP contribution in [0.15, 0.2) is 30.7 Å². The molecular formula is C23H27ClN6O5. The first-order chi connectivity index (χ1) is 17.0. The summed E-state index contributed by atoms with van der Waals surface area (Å²) in [5.41, 5.74) is 2.00. The second kappa shape index (κ2) is 11.3. The Morgan fingerprint density at radius 2 is 2.06 bits per heavy atom. The number of amides is 2.